The minimum absolute atomic E-state index is 0.0886. The minimum Gasteiger partial charge on any atom is -0.378 e. The maximum absolute atomic E-state index is 12.2. The Labute approximate surface area is 402 Å². The summed E-state index contributed by atoms with van der Waals surface area (Å²) in [6, 6.07) is 30.4. The Kier molecular flexibility index (Phi) is 15.6. The molecule has 0 unspecified atom stereocenters. The number of unbranched alkanes of at least 4 members (excludes halogenated alkanes) is 3. The summed E-state index contributed by atoms with van der Waals surface area (Å²) in [5.74, 6) is 0.0906. The third-order valence-electron chi connectivity index (χ3n) is 14.1. The standard InChI is InChI=1S/C60H72N4O2Si/c1-40(2)56(65)22-15-13-12-14-19-48-47-20-16-17-21-49(47)55(39-61-33-18-34-62-60(66)41(3)4)50-30-27-44(36-54(48)50)26-25-43-24-23-42(5)53(35-43)59-51-31-28-45(63(6)7)37-57(51)67(10,11)58-38-46(64(8)9)29-32-52(58)59/h16-17,20-21,23-24,27-32,35-38,61H,1,3,12-15,18-19,22,25-26,33-34,39H2,2,4-11H3/p+1. The van der Waals surface area contributed by atoms with E-state index in [0.29, 0.717) is 24.1 Å². The van der Waals surface area contributed by atoms with Crippen LogP contribution in [0.3, 0.4) is 0 Å². The van der Waals surface area contributed by atoms with Gasteiger partial charge in [-0.3, -0.25) is 9.59 Å². The number of fused-ring (bicyclic) bond motifs is 4. The van der Waals surface area contributed by atoms with Crippen LogP contribution in [0.5, 0.6) is 0 Å². The van der Waals surface area contributed by atoms with Gasteiger partial charge >= 0.3 is 0 Å². The van der Waals surface area contributed by atoms with E-state index < -0.39 is 8.07 Å². The van der Waals surface area contributed by atoms with Crippen LogP contribution >= 0.6 is 0 Å². The van der Waals surface area contributed by atoms with E-state index in [9.17, 15) is 9.59 Å². The van der Waals surface area contributed by atoms with Crippen molar-refractivity contribution in [3.8, 4) is 0 Å². The maximum atomic E-state index is 12.2. The van der Waals surface area contributed by atoms with E-state index >= 15 is 0 Å². The molecule has 2 N–H and O–H groups in total. The highest BCUT2D eigenvalue weighted by atomic mass is 28.3. The number of Topliss-reactive ketones (excluding diaryl/α,β-unsaturated/α-hetero) is 1. The van der Waals surface area contributed by atoms with E-state index in [1.54, 1.807) is 6.92 Å². The second kappa shape index (κ2) is 21.4. The van der Waals surface area contributed by atoms with Gasteiger partial charge in [0.1, 0.15) is 22.2 Å². The lowest BCUT2D eigenvalue weighted by molar-refractivity contribution is -0.462. The zero-order chi connectivity index (χ0) is 48.0. The number of nitrogens with zero attached hydrogens (tertiary/aromatic N) is 2. The quantitative estimate of drug-likeness (QED) is 0.0268. The molecule has 7 heteroatoms. The van der Waals surface area contributed by atoms with Crippen molar-refractivity contribution in [1.82, 2.24) is 10.6 Å². The van der Waals surface area contributed by atoms with Crippen molar-refractivity contribution in [2.45, 2.75) is 98.2 Å². The molecule has 1 amide bonds. The molecule has 348 valence electrons. The van der Waals surface area contributed by atoms with Crippen molar-refractivity contribution in [3.63, 3.8) is 0 Å². The molecule has 6 nitrogen and oxygen atoms in total. The predicted molar refractivity (Wildman–Crippen MR) is 289 cm³/mol. The molecule has 1 heterocycles. The molecular weight excluding hydrogens is 837 g/mol. The number of nitrogens with one attached hydrogen (secondary N) is 2. The summed E-state index contributed by atoms with van der Waals surface area (Å²) in [4.78, 5) is 26.5. The number of ketones is 1. The molecule has 0 atom stereocenters. The molecule has 5 aromatic carbocycles. The van der Waals surface area contributed by atoms with Crippen LogP contribution < -0.4 is 20.7 Å². The summed E-state index contributed by atoms with van der Waals surface area (Å²) >= 11 is 0. The molecule has 0 spiro atoms. The minimum atomic E-state index is -2.05. The monoisotopic (exact) mass is 910 g/mol. The molecule has 0 fully saturated rings. The van der Waals surface area contributed by atoms with Gasteiger partial charge in [-0.2, -0.15) is 0 Å². The highest BCUT2D eigenvalue weighted by Crippen LogP contribution is 2.43. The van der Waals surface area contributed by atoms with E-state index in [1.807, 2.05) is 6.92 Å². The first-order chi connectivity index (χ1) is 32.1. The number of rotatable bonds is 20. The van der Waals surface area contributed by atoms with Crippen LogP contribution in [-0.2, 0) is 35.4 Å². The predicted octanol–water partition coefficient (Wildman–Crippen LogP) is 11.4. The van der Waals surface area contributed by atoms with E-state index in [1.165, 1.54) is 93.4 Å². The Morgan fingerprint density at radius 3 is 2.09 bits per heavy atom. The van der Waals surface area contributed by atoms with Gasteiger partial charge in [-0.05, 0) is 172 Å². The number of benzene rings is 5. The van der Waals surface area contributed by atoms with E-state index in [0.717, 1.165) is 64.5 Å². The molecule has 0 aromatic heterocycles. The second-order valence-corrected chi connectivity index (χ2v) is 24.3. The Bertz CT molecular complexity index is 2880. The van der Waals surface area contributed by atoms with Gasteiger partial charge in [-0.1, -0.05) is 106 Å². The number of hydrogen-bond acceptors (Lipinski definition) is 4. The average Bonchev–Trinajstić information content (AvgIpc) is 3.31. The van der Waals surface area contributed by atoms with Crippen LogP contribution in [-0.4, -0.2) is 71.3 Å². The third-order valence-corrected chi connectivity index (χ3v) is 17.6. The van der Waals surface area contributed by atoms with Gasteiger partial charge in [0, 0.05) is 57.0 Å². The lowest BCUT2D eigenvalue weighted by Gasteiger charge is -2.38. The van der Waals surface area contributed by atoms with Crippen LogP contribution in [0.25, 0.3) is 27.1 Å². The first-order valence-corrected chi connectivity index (χ1v) is 27.5. The van der Waals surface area contributed by atoms with Crippen molar-refractivity contribution in [1.29, 1.82) is 0 Å². The van der Waals surface area contributed by atoms with Gasteiger partial charge in [0.15, 0.2) is 11.5 Å². The molecule has 5 aromatic rings. The van der Waals surface area contributed by atoms with E-state index in [2.05, 4.69) is 179 Å². The first-order valence-electron chi connectivity index (χ1n) is 24.5. The summed E-state index contributed by atoms with van der Waals surface area (Å²) in [6.07, 6.45) is 15.5. The molecule has 2 aliphatic rings. The largest absolute Gasteiger partial charge is 0.378 e. The van der Waals surface area contributed by atoms with Crippen LogP contribution in [0.2, 0.25) is 13.1 Å². The fourth-order valence-electron chi connectivity index (χ4n) is 10.0. The molecule has 1 aliphatic carbocycles. The van der Waals surface area contributed by atoms with Gasteiger partial charge < -0.3 is 15.5 Å². The van der Waals surface area contributed by atoms with Crippen LogP contribution in [0.4, 0.5) is 5.69 Å². The van der Waals surface area contributed by atoms with Crippen LogP contribution in [0.15, 0.2) is 132 Å². The number of amides is 1. The topological polar surface area (TPSA) is 64.5 Å². The van der Waals surface area contributed by atoms with Crippen LogP contribution in [0, 0.1) is 6.92 Å². The van der Waals surface area contributed by atoms with E-state index in [4.69, 9.17) is 0 Å². The number of allylic oxidation sites excluding steroid dienone is 6. The van der Waals surface area contributed by atoms with Crippen molar-refractivity contribution < 1.29 is 14.2 Å². The van der Waals surface area contributed by atoms with Crippen LogP contribution in [0.1, 0.15) is 91.3 Å². The highest BCUT2D eigenvalue weighted by Gasteiger charge is 2.40. The molecule has 0 radical (unpaired) electrons. The van der Waals surface area contributed by atoms with Crippen molar-refractivity contribution in [2.75, 3.05) is 46.2 Å². The van der Waals surface area contributed by atoms with Crippen molar-refractivity contribution in [2.24, 2.45) is 0 Å². The molecule has 1 aliphatic heterocycles. The number of carbonyl (C=O) groups is 2. The van der Waals surface area contributed by atoms with Gasteiger partial charge in [0.25, 0.3) is 0 Å². The summed E-state index contributed by atoms with van der Waals surface area (Å²) in [5.41, 5.74) is 15.9. The second-order valence-electron chi connectivity index (χ2n) is 20.0. The van der Waals surface area contributed by atoms with Gasteiger partial charge in [-0.25, -0.2) is 4.58 Å². The molecular formula is C60H73N4O2Si+. The number of aryl methyl sites for hydroxylation is 4. The normalized spacial score (nSPS) is 13.9. The summed E-state index contributed by atoms with van der Waals surface area (Å²) in [7, 11) is 6.51. The van der Waals surface area contributed by atoms with Gasteiger partial charge in [0.05, 0.1) is 0 Å². The SMILES string of the molecule is C=C(C)C(=O)CCCCCCc1c2ccccc2c(CNCCCNC(=O)C(=C)C)c2ccc(CCc3ccc(C)c(C4=C5C=CC(=[N+](C)C)C=C5[Si](C)(C)c5cc(N(C)C)ccc54)c3)cc12. The lowest BCUT2D eigenvalue weighted by atomic mass is 9.86. The van der Waals surface area contributed by atoms with Crippen molar-refractivity contribution >= 4 is 63.5 Å². The Morgan fingerprint density at radius 1 is 0.701 bits per heavy atom. The zero-order valence-electron chi connectivity index (χ0n) is 41.8. The summed E-state index contributed by atoms with van der Waals surface area (Å²) in [6.45, 7) is 20.6. The molecule has 0 bridgehead atoms. The maximum Gasteiger partial charge on any atom is 0.246 e. The highest BCUT2D eigenvalue weighted by molar-refractivity contribution is 6.98. The fraction of sp³-hybridized carbons (Fsp3) is 0.350. The lowest BCUT2D eigenvalue weighted by Crippen LogP contribution is -2.49. The van der Waals surface area contributed by atoms with Gasteiger partial charge in [-0.15, -0.1) is 0 Å². The number of carbonyl (C=O) groups excluding carboxylic acids is 2. The fourth-order valence-corrected chi connectivity index (χ4v) is 13.1. The number of hydrogen-bond donors (Lipinski definition) is 2. The molecule has 7 rings (SSSR count). The molecule has 67 heavy (non-hydrogen) atoms. The average molecular weight is 910 g/mol. The molecule has 0 saturated heterocycles. The van der Waals surface area contributed by atoms with Crippen molar-refractivity contribution in [3.05, 3.63) is 171 Å². The third kappa shape index (κ3) is 11.0. The van der Waals surface area contributed by atoms with E-state index in [-0.39, 0.29) is 11.7 Å². The zero-order valence-corrected chi connectivity index (χ0v) is 42.8. The Hall–Kier alpha value is -5.89. The summed E-state index contributed by atoms with van der Waals surface area (Å²) in [5, 5.41) is 14.9. The summed E-state index contributed by atoms with van der Waals surface area (Å²) < 4.78 is 2.23. The van der Waals surface area contributed by atoms with Gasteiger partial charge in [0.2, 0.25) is 5.91 Å². The smallest absolute Gasteiger partial charge is 0.246 e. The first kappa shape index (κ1) is 49.0. The Morgan fingerprint density at radius 2 is 1.39 bits per heavy atom. The molecule has 0 saturated carbocycles. The Balaban J connectivity index is 1.21. The number of anilines is 1.